The Labute approximate surface area is 103 Å². The van der Waals surface area contributed by atoms with Crippen LogP contribution >= 0.6 is 12.6 Å². The standard InChI is InChI=1S/C13H19NOS/c1-9(2)11-6-5-10(3)12(7-11)8-14(4)13(15)16/h5-7,9H,8H2,1-4H3,(H,15,16). The summed E-state index contributed by atoms with van der Waals surface area (Å²) in [4.78, 5) is 12.7. The van der Waals surface area contributed by atoms with Crippen LogP contribution in [0.15, 0.2) is 18.2 Å². The van der Waals surface area contributed by atoms with Crippen LogP contribution in [0.25, 0.3) is 0 Å². The van der Waals surface area contributed by atoms with Crippen molar-refractivity contribution >= 4 is 17.9 Å². The molecule has 0 atom stereocenters. The molecule has 1 amide bonds. The van der Waals surface area contributed by atoms with E-state index in [0.717, 1.165) is 0 Å². The minimum absolute atomic E-state index is 0.200. The molecule has 0 N–H and O–H groups in total. The van der Waals surface area contributed by atoms with Gasteiger partial charge >= 0.3 is 0 Å². The SMILES string of the molecule is Cc1ccc(C(C)C)cc1CN(C)C(=O)S. The molecule has 0 heterocycles. The molecule has 0 saturated heterocycles. The summed E-state index contributed by atoms with van der Waals surface area (Å²) in [5.74, 6) is 0.511. The van der Waals surface area contributed by atoms with E-state index in [1.807, 2.05) is 0 Å². The molecule has 0 fully saturated rings. The molecule has 0 bridgehead atoms. The first-order chi connectivity index (χ1) is 7.41. The summed E-state index contributed by atoms with van der Waals surface area (Å²) in [7, 11) is 1.76. The lowest BCUT2D eigenvalue weighted by atomic mass is 9.98. The molecule has 1 aromatic carbocycles. The Kier molecular flexibility index (Phi) is 4.42. The number of rotatable bonds is 3. The van der Waals surface area contributed by atoms with Gasteiger partial charge in [0.05, 0.1) is 0 Å². The van der Waals surface area contributed by atoms with E-state index < -0.39 is 0 Å². The summed E-state index contributed by atoms with van der Waals surface area (Å²) in [5.41, 5.74) is 3.71. The third-order valence-corrected chi connectivity index (χ3v) is 3.12. The van der Waals surface area contributed by atoms with Gasteiger partial charge in [-0.05, 0) is 29.5 Å². The van der Waals surface area contributed by atoms with Gasteiger partial charge in [0.25, 0.3) is 5.24 Å². The summed E-state index contributed by atoms with van der Waals surface area (Å²) < 4.78 is 0. The second kappa shape index (κ2) is 5.39. The number of amides is 1. The lowest BCUT2D eigenvalue weighted by molar-refractivity contribution is 0.232. The quantitative estimate of drug-likeness (QED) is 0.796. The number of thiol groups is 1. The van der Waals surface area contributed by atoms with E-state index in [0.29, 0.717) is 12.5 Å². The lowest BCUT2D eigenvalue weighted by Crippen LogP contribution is -2.20. The van der Waals surface area contributed by atoms with Gasteiger partial charge in [0.15, 0.2) is 0 Å². The van der Waals surface area contributed by atoms with Gasteiger partial charge in [0.2, 0.25) is 0 Å². The second-order valence-corrected chi connectivity index (χ2v) is 4.86. The Morgan fingerprint density at radius 1 is 1.44 bits per heavy atom. The molecule has 0 aromatic heterocycles. The van der Waals surface area contributed by atoms with E-state index >= 15 is 0 Å². The molecule has 16 heavy (non-hydrogen) atoms. The van der Waals surface area contributed by atoms with Gasteiger partial charge in [-0.1, -0.05) is 44.7 Å². The molecule has 1 aromatic rings. The number of aryl methyl sites for hydroxylation is 1. The summed E-state index contributed by atoms with van der Waals surface area (Å²) in [6.45, 7) is 7.02. The largest absolute Gasteiger partial charge is 0.333 e. The van der Waals surface area contributed by atoms with Gasteiger partial charge in [0, 0.05) is 13.6 Å². The minimum atomic E-state index is -0.200. The molecule has 1 rings (SSSR count). The van der Waals surface area contributed by atoms with Crippen LogP contribution in [0.4, 0.5) is 4.79 Å². The van der Waals surface area contributed by atoms with E-state index in [-0.39, 0.29) is 5.24 Å². The third kappa shape index (κ3) is 3.27. The summed E-state index contributed by atoms with van der Waals surface area (Å²) in [5, 5.41) is -0.200. The predicted molar refractivity (Wildman–Crippen MR) is 71.1 cm³/mol. The fourth-order valence-electron chi connectivity index (χ4n) is 1.54. The molecule has 0 aliphatic rings. The maximum atomic E-state index is 11.1. The predicted octanol–water partition coefficient (Wildman–Crippen LogP) is 3.60. The molecular formula is C13H19NOS. The molecule has 2 nitrogen and oxygen atoms in total. The van der Waals surface area contributed by atoms with Gasteiger partial charge in [-0.15, -0.1) is 0 Å². The van der Waals surface area contributed by atoms with Gasteiger partial charge < -0.3 is 4.90 Å². The van der Waals surface area contributed by atoms with E-state index in [2.05, 4.69) is 51.6 Å². The smallest absolute Gasteiger partial charge is 0.278 e. The normalized spacial score (nSPS) is 10.6. The maximum Gasteiger partial charge on any atom is 0.278 e. The first-order valence-electron chi connectivity index (χ1n) is 5.45. The highest BCUT2D eigenvalue weighted by Gasteiger charge is 2.08. The van der Waals surface area contributed by atoms with Gasteiger partial charge in [-0.3, -0.25) is 4.79 Å². The van der Waals surface area contributed by atoms with Crippen LogP contribution in [0.5, 0.6) is 0 Å². The summed E-state index contributed by atoms with van der Waals surface area (Å²) in [6, 6.07) is 6.43. The Bertz CT molecular complexity index is 388. The summed E-state index contributed by atoms with van der Waals surface area (Å²) >= 11 is 3.81. The zero-order valence-electron chi connectivity index (χ0n) is 10.3. The molecule has 0 spiro atoms. The fourth-order valence-corrected chi connectivity index (χ4v) is 1.61. The highest BCUT2D eigenvalue weighted by molar-refractivity contribution is 7.96. The Balaban J connectivity index is 2.94. The number of hydrogen-bond acceptors (Lipinski definition) is 1. The average Bonchev–Trinajstić information content (AvgIpc) is 2.20. The maximum absolute atomic E-state index is 11.1. The van der Waals surface area contributed by atoms with Crippen molar-refractivity contribution < 1.29 is 4.79 Å². The second-order valence-electron chi connectivity index (χ2n) is 4.48. The Morgan fingerprint density at radius 2 is 2.06 bits per heavy atom. The van der Waals surface area contributed by atoms with Gasteiger partial charge in [-0.2, -0.15) is 0 Å². The monoisotopic (exact) mass is 237 g/mol. The first-order valence-corrected chi connectivity index (χ1v) is 5.90. The third-order valence-electron chi connectivity index (χ3n) is 2.77. The van der Waals surface area contributed by atoms with E-state index in [4.69, 9.17) is 0 Å². The Hall–Kier alpha value is -0.960. The zero-order chi connectivity index (χ0) is 12.3. The minimum Gasteiger partial charge on any atom is -0.333 e. The number of carbonyl (C=O) groups excluding carboxylic acids is 1. The van der Waals surface area contributed by atoms with E-state index in [1.165, 1.54) is 16.7 Å². The first kappa shape index (κ1) is 13.1. The number of nitrogens with zero attached hydrogens (tertiary/aromatic N) is 1. The summed E-state index contributed by atoms with van der Waals surface area (Å²) in [6.07, 6.45) is 0. The number of hydrogen-bond donors (Lipinski definition) is 1. The van der Waals surface area contributed by atoms with Crippen molar-refractivity contribution in [1.82, 2.24) is 4.90 Å². The molecular weight excluding hydrogens is 218 g/mol. The topological polar surface area (TPSA) is 20.3 Å². The molecule has 3 heteroatoms. The van der Waals surface area contributed by atoms with Crippen LogP contribution in [-0.4, -0.2) is 17.2 Å². The lowest BCUT2D eigenvalue weighted by Gasteiger charge is -2.17. The number of carbonyl (C=O) groups is 1. The van der Waals surface area contributed by atoms with Crippen molar-refractivity contribution in [1.29, 1.82) is 0 Å². The van der Waals surface area contributed by atoms with Crippen LogP contribution < -0.4 is 0 Å². The fraction of sp³-hybridized carbons (Fsp3) is 0.462. The number of benzene rings is 1. The molecule has 0 unspecified atom stereocenters. The highest BCUT2D eigenvalue weighted by Crippen LogP contribution is 2.19. The molecule has 0 aliphatic heterocycles. The van der Waals surface area contributed by atoms with E-state index in [9.17, 15) is 4.79 Å². The van der Waals surface area contributed by atoms with Crippen molar-refractivity contribution in [3.63, 3.8) is 0 Å². The van der Waals surface area contributed by atoms with Crippen molar-refractivity contribution in [3.05, 3.63) is 34.9 Å². The van der Waals surface area contributed by atoms with Crippen LogP contribution in [0.3, 0.4) is 0 Å². The molecule has 0 radical (unpaired) electrons. The van der Waals surface area contributed by atoms with Crippen LogP contribution in [0, 0.1) is 6.92 Å². The van der Waals surface area contributed by atoms with E-state index in [1.54, 1.807) is 11.9 Å². The molecule has 0 aliphatic carbocycles. The average molecular weight is 237 g/mol. The van der Waals surface area contributed by atoms with Crippen molar-refractivity contribution in [2.24, 2.45) is 0 Å². The van der Waals surface area contributed by atoms with Crippen molar-refractivity contribution in [2.75, 3.05) is 7.05 Å². The van der Waals surface area contributed by atoms with Crippen molar-refractivity contribution in [3.8, 4) is 0 Å². The van der Waals surface area contributed by atoms with Crippen molar-refractivity contribution in [2.45, 2.75) is 33.2 Å². The molecule has 0 saturated carbocycles. The van der Waals surface area contributed by atoms with Crippen LogP contribution in [0.2, 0.25) is 0 Å². The van der Waals surface area contributed by atoms with Crippen LogP contribution in [0.1, 0.15) is 36.5 Å². The van der Waals surface area contributed by atoms with Gasteiger partial charge in [0.1, 0.15) is 0 Å². The highest BCUT2D eigenvalue weighted by atomic mass is 32.1. The van der Waals surface area contributed by atoms with Crippen LogP contribution in [-0.2, 0) is 6.54 Å². The van der Waals surface area contributed by atoms with Gasteiger partial charge in [-0.25, -0.2) is 0 Å². The Morgan fingerprint density at radius 3 is 2.56 bits per heavy atom. The molecule has 88 valence electrons. The zero-order valence-corrected chi connectivity index (χ0v) is 11.2.